The molecule has 1 aromatic rings. The molecule has 1 rings (SSSR count). The van der Waals surface area contributed by atoms with Gasteiger partial charge in [-0.05, 0) is 38.5 Å². The van der Waals surface area contributed by atoms with E-state index in [0.29, 0.717) is 16.3 Å². The van der Waals surface area contributed by atoms with Crippen LogP contribution < -0.4 is 10.5 Å². The predicted octanol–water partition coefficient (Wildman–Crippen LogP) is 2.97. The van der Waals surface area contributed by atoms with Crippen LogP contribution in [0.4, 0.5) is 0 Å². The first-order valence-corrected chi connectivity index (χ1v) is 5.78. The lowest BCUT2D eigenvalue weighted by molar-refractivity contribution is 0.0957. The number of halogens is 1. The van der Waals surface area contributed by atoms with Gasteiger partial charge in [0, 0.05) is 17.0 Å². The highest BCUT2D eigenvalue weighted by atomic mass is 35.5. The fourth-order valence-corrected chi connectivity index (χ4v) is 1.99. The van der Waals surface area contributed by atoms with Gasteiger partial charge in [0.15, 0.2) is 5.78 Å². The molecule has 0 fully saturated rings. The molecule has 0 aliphatic rings. The van der Waals surface area contributed by atoms with E-state index >= 15 is 0 Å². The maximum atomic E-state index is 12.1. The Balaban J connectivity index is 3.16. The molecule has 3 nitrogen and oxygen atoms in total. The molecule has 0 unspecified atom stereocenters. The molecule has 0 aliphatic heterocycles. The maximum Gasteiger partial charge on any atom is 0.168 e. The molecule has 0 spiro atoms. The summed E-state index contributed by atoms with van der Waals surface area (Å²) in [4.78, 5) is 12.1. The lowest BCUT2D eigenvalue weighted by Crippen LogP contribution is -2.34. The summed E-state index contributed by atoms with van der Waals surface area (Å²) in [5.41, 5.74) is 6.65. The van der Waals surface area contributed by atoms with Gasteiger partial charge in [0.05, 0.1) is 12.7 Å². The third kappa shape index (κ3) is 3.72. The van der Waals surface area contributed by atoms with E-state index < -0.39 is 5.54 Å². The molecule has 1 aromatic carbocycles. The molecular weight excluding hydrogens is 238 g/mol. The second-order valence-corrected chi connectivity index (χ2v) is 5.33. The minimum Gasteiger partial charge on any atom is -0.496 e. The fraction of sp³-hybridized carbons (Fsp3) is 0.462. The van der Waals surface area contributed by atoms with Crippen LogP contribution in [0.3, 0.4) is 0 Å². The number of rotatable bonds is 4. The SMILES string of the molecule is COc1c(C)cc(Cl)cc1C(=O)CC(C)(C)N. The molecule has 0 aliphatic carbocycles. The summed E-state index contributed by atoms with van der Waals surface area (Å²) in [6.07, 6.45) is 0.253. The van der Waals surface area contributed by atoms with E-state index in [0.717, 1.165) is 5.56 Å². The average molecular weight is 256 g/mol. The third-order valence-corrected chi connectivity index (χ3v) is 2.58. The minimum atomic E-state index is -0.543. The second kappa shape index (κ2) is 5.07. The van der Waals surface area contributed by atoms with Crippen LogP contribution in [0.25, 0.3) is 0 Å². The first-order valence-electron chi connectivity index (χ1n) is 5.41. The van der Waals surface area contributed by atoms with Crippen LogP contribution >= 0.6 is 11.6 Å². The van der Waals surface area contributed by atoms with Crippen LogP contribution in [-0.2, 0) is 0 Å². The zero-order chi connectivity index (χ0) is 13.2. The number of carbonyl (C=O) groups is 1. The van der Waals surface area contributed by atoms with Crippen molar-refractivity contribution in [3.05, 3.63) is 28.3 Å². The lowest BCUT2D eigenvalue weighted by Gasteiger charge is -2.18. The van der Waals surface area contributed by atoms with Crippen molar-refractivity contribution in [2.45, 2.75) is 32.7 Å². The molecule has 0 bridgehead atoms. The molecule has 17 heavy (non-hydrogen) atoms. The summed E-state index contributed by atoms with van der Waals surface area (Å²) in [6, 6.07) is 3.40. The van der Waals surface area contributed by atoms with E-state index in [1.54, 1.807) is 19.2 Å². The molecular formula is C13H18ClNO2. The van der Waals surface area contributed by atoms with E-state index in [9.17, 15) is 4.79 Å². The van der Waals surface area contributed by atoms with Gasteiger partial charge in [0.25, 0.3) is 0 Å². The Kier molecular flexibility index (Phi) is 4.17. The zero-order valence-electron chi connectivity index (χ0n) is 10.6. The normalized spacial score (nSPS) is 11.4. The standard InChI is InChI=1S/C13H18ClNO2/c1-8-5-9(14)6-10(12(8)17-4)11(16)7-13(2,3)15/h5-6H,7,15H2,1-4H3. The monoisotopic (exact) mass is 255 g/mol. The van der Waals surface area contributed by atoms with Crippen LogP contribution in [0.5, 0.6) is 5.75 Å². The smallest absolute Gasteiger partial charge is 0.168 e. The zero-order valence-corrected chi connectivity index (χ0v) is 11.4. The molecule has 0 saturated carbocycles. The Labute approximate surface area is 107 Å². The number of methoxy groups -OCH3 is 1. The number of benzene rings is 1. The number of ether oxygens (including phenoxy) is 1. The number of ketones is 1. The van der Waals surface area contributed by atoms with Crippen LogP contribution in [0.15, 0.2) is 12.1 Å². The van der Waals surface area contributed by atoms with E-state index in [1.165, 1.54) is 0 Å². The largest absolute Gasteiger partial charge is 0.496 e. The van der Waals surface area contributed by atoms with Crippen LogP contribution in [0.1, 0.15) is 36.2 Å². The average Bonchev–Trinajstić information content (AvgIpc) is 2.13. The van der Waals surface area contributed by atoms with Gasteiger partial charge in [-0.1, -0.05) is 11.6 Å². The van der Waals surface area contributed by atoms with Gasteiger partial charge in [0.2, 0.25) is 0 Å². The maximum absolute atomic E-state index is 12.1. The Morgan fingerprint density at radius 1 is 1.47 bits per heavy atom. The third-order valence-electron chi connectivity index (χ3n) is 2.36. The second-order valence-electron chi connectivity index (χ2n) is 4.89. The highest BCUT2D eigenvalue weighted by Crippen LogP contribution is 2.29. The van der Waals surface area contributed by atoms with E-state index in [-0.39, 0.29) is 12.2 Å². The summed E-state index contributed by atoms with van der Waals surface area (Å²) in [6.45, 7) is 5.48. The van der Waals surface area contributed by atoms with E-state index in [2.05, 4.69) is 0 Å². The fourth-order valence-electron chi connectivity index (χ4n) is 1.72. The molecule has 2 N–H and O–H groups in total. The van der Waals surface area contributed by atoms with Crippen molar-refractivity contribution >= 4 is 17.4 Å². The van der Waals surface area contributed by atoms with Gasteiger partial charge in [0.1, 0.15) is 5.75 Å². The highest BCUT2D eigenvalue weighted by Gasteiger charge is 2.21. The first-order chi connectivity index (χ1) is 7.74. The van der Waals surface area contributed by atoms with Gasteiger partial charge in [-0.3, -0.25) is 4.79 Å². The Morgan fingerprint density at radius 3 is 2.53 bits per heavy atom. The van der Waals surface area contributed by atoms with Crippen LogP contribution in [0.2, 0.25) is 5.02 Å². The summed E-state index contributed by atoms with van der Waals surface area (Å²) in [5.74, 6) is 0.517. The number of nitrogens with two attached hydrogens (primary N) is 1. The van der Waals surface area contributed by atoms with E-state index in [1.807, 2.05) is 20.8 Å². The molecule has 0 aromatic heterocycles. The summed E-state index contributed by atoms with van der Waals surface area (Å²) in [5, 5.41) is 0.529. The molecule has 0 amide bonds. The van der Waals surface area contributed by atoms with Gasteiger partial charge in [-0.2, -0.15) is 0 Å². The minimum absolute atomic E-state index is 0.0556. The number of hydrogen-bond acceptors (Lipinski definition) is 3. The Morgan fingerprint density at radius 2 is 2.06 bits per heavy atom. The van der Waals surface area contributed by atoms with Crippen molar-refractivity contribution in [3.63, 3.8) is 0 Å². The molecule has 0 saturated heterocycles. The van der Waals surface area contributed by atoms with Crippen molar-refractivity contribution in [2.24, 2.45) is 5.73 Å². The number of aryl methyl sites for hydroxylation is 1. The first kappa shape index (κ1) is 14.0. The topological polar surface area (TPSA) is 52.3 Å². The van der Waals surface area contributed by atoms with Crippen molar-refractivity contribution in [3.8, 4) is 5.75 Å². The van der Waals surface area contributed by atoms with Crippen LogP contribution in [0, 0.1) is 6.92 Å². The Hall–Kier alpha value is -1.06. The van der Waals surface area contributed by atoms with Crippen molar-refractivity contribution in [2.75, 3.05) is 7.11 Å². The van der Waals surface area contributed by atoms with Crippen molar-refractivity contribution < 1.29 is 9.53 Å². The summed E-state index contributed by atoms with van der Waals surface area (Å²) in [7, 11) is 1.54. The van der Waals surface area contributed by atoms with E-state index in [4.69, 9.17) is 22.1 Å². The Bertz CT molecular complexity index is 436. The van der Waals surface area contributed by atoms with Gasteiger partial charge in [-0.15, -0.1) is 0 Å². The number of Topliss-reactive ketones (excluding diaryl/α,β-unsaturated/α-hetero) is 1. The number of hydrogen-bond donors (Lipinski definition) is 1. The molecule has 0 atom stereocenters. The number of carbonyl (C=O) groups excluding carboxylic acids is 1. The molecule has 0 heterocycles. The van der Waals surface area contributed by atoms with Gasteiger partial charge < -0.3 is 10.5 Å². The predicted molar refractivity (Wildman–Crippen MR) is 70.0 cm³/mol. The van der Waals surface area contributed by atoms with Crippen molar-refractivity contribution in [1.29, 1.82) is 0 Å². The summed E-state index contributed by atoms with van der Waals surface area (Å²) < 4.78 is 5.25. The quantitative estimate of drug-likeness (QED) is 0.842. The lowest BCUT2D eigenvalue weighted by atomic mass is 9.94. The van der Waals surface area contributed by atoms with Gasteiger partial charge >= 0.3 is 0 Å². The molecule has 94 valence electrons. The highest BCUT2D eigenvalue weighted by molar-refractivity contribution is 6.31. The van der Waals surface area contributed by atoms with Crippen LogP contribution in [-0.4, -0.2) is 18.4 Å². The van der Waals surface area contributed by atoms with Crippen molar-refractivity contribution in [1.82, 2.24) is 0 Å². The molecule has 0 radical (unpaired) electrons. The van der Waals surface area contributed by atoms with Gasteiger partial charge in [-0.25, -0.2) is 0 Å². The summed E-state index contributed by atoms with van der Waals surface area (Å²) >= 11 is 5.96. The molecule has 4 heteroatoms.